The van der Waals surface area contributed by atoms with Crippen LogP contribution in [0.25, 0.3) is 11.0 Å². The van der Waals surface area contributed by atoms with E-state index in [2.05, 4.69) is 39.6 Å². The van der Waals surface area contributed by atoms with Gasteiger partial charge in [0.05, 0.1) is 11.0 Å². The molecular formula is C16H15N3O2. The van der Waals surface area contributed by atoms with Crippen molar-refractivity contribution in [3.63, 3.8) is 0 Å². The number of hydrogen-bond donors (Lipinski definition) is 2. The minimum atomic E-state index is 0.282. The highest BCUT2D eigenvalue weighted by atomic mass is 16.7. The second-order valence-electron chi connectivity index (χ2n) is 4.97. The van der Waals surface area contributed by atoms with E-state index in [1.54, 1.807) is 0 Å². The molecule has 0 saturated heterocycles. The Morgan fingerprint density at radius 1 is 1.10 bits per heavy atom. The molecule has 0 unspecified atom stereocenters. The smallest absolute Gasteiger partial charge is 0.231 e. The fourth-order valence-corrected chi connectivity index (χ4v) is 2.45. The van der Waals surface area contributed by atoms with E-state index >= 15 is 0 Å². The molecule has 1 aliphatic heterocycles. The van der Waals surface area contributed by atoms with Gasteiger partial charge >= 0.3 is 0 Å². The molecule has 2 N–H and O–H groups in total. The van der Waals surface area contributed by atoms with E-state index in [0.29, 0.717) is 0 Å². The summed E-state index contributed by atoms with van der Waals surface area (Å²) >= 11 is 0. The first-order chi connectivity index (χ1) is 10.4. The third kappa shape index (κ3) is 2.38. The van der Waals surface area contributed by atoms with Crippen molar-refractivity contribution in [3.05, 3.63) is 48.0 Å². The third-order valence-corrected chi connectivity index (χ3v) is 3.53. The Kier molecular flexibility index (Phi) is 2.88. The lowest BCUT2D eigenvalue weighted by Gasteiger charge is -2.02. The monoisotopic (exact) mass is 281 g/mol. The first-order valence-corrected chi connectivity index (χ1v) is 6.96. The number of nitrogens with zero attached hydrogens (tertiary/aromatic N) is 1. The summed E-state index contributed by atoms with van der Waals surface area (Å²) in [6.07, 6.45) is 0.959. The molecule has 0 saturated carbocycles. The first-order valence-electron chi connectivity index (χ1n) is 6.96. The minimum absolute atomic E-state index is 0.282. The highest BCUT2D eigenvalue weighted by Crippen LogP contribution is 2.35. The molecular weight excluding hydrogens is 266 g/mol. The van der Waals surface area contributed by atoms with Gasteiger partial charge < -0.3 is 19.8 Å². The van der Waals surface area contributed by atoms with E-state index < -0.39 is 0 Å². The SMILES string of the molecule is c1ccc(CCNc2nc3cc4c(cc3[nH]2)OCO4)cc1. The van der Waals surface area contributed by atoms with Gasteiger partial charge in [-0.15, -0.1) is 0 Å². The van der Waals surface area contributed by atoms with Gasteiger partial charge in [-0.1, -0.05) is 30.3 Å². The van der Waals surface area contributed by atoms with Crippen molar-refractivity contribution in [1.29, 1.82) is 0 Å². The van der Waals surface area contributed by atoms with E-state index in [4.69, 9.17) is 9.47 Å². The fourth-order valence-electron chi connectivity index (χ4n) is 2.45. The molecule has 2 aromatic carbocycles. The van der Waals surface area contributed by atoms with Gasteiger partial charge in [-0.05, 0) is 12.0 Å². The van der Waals surface area contributed by atoms with E-state index in [1.807, 2.05) is 18.2 Å². The summed E-state index contributed by atoms with van der Waals surface area (Å²) in [7, 11) is 0. The van der Waals surface area contributed by atoms with Crippen molar-refractivity contribution in [3.8, 4) is 11.5 Å². The van der Waals surface area contributed by atoms with E-state index in [-0.39, 0.29) is 6.79 Å². The van der Waals surface area contributed by atoms with Gasteiger partial charge in [0.2, 0.25) is 12.7 Å². The maximum atomic E-state index is 5.36. The second-order valence-corrected chi connectivity index (χ2v) is 4.97. The van der Waals surface area contributed by atoms with Gasteiger partial charge in [-0.2, -0.15) is 0 Å². The van der Waals surface area contributed by atoms with E-state index in [0.717, 1.165) is 41.4 Å². The number of benzene rings is 2. The summed E-state index contributed by atoms with van der Waals surface area (Å²) in [5.41, 5.74) is 3.13. The van der Waals surface area contributed by atoms with E-state index in [9.17, 15) is 0 Å². The Labute approximate surface area is 121 Å². The number of imidazole rings is 1. The number of hydrogen-bond acceptors (Lipinski definition) is 4. The molecule has 106 valence electrons. The first kappa shape index (κ1) is 12.1. The van der Waals surface area contributed by atoms with Crippen LogP contribution < -0.4 is 14.8 Å². The molecule has 5 heteroatoms. The van der Waals surface area contributed by atoms with Gasteiger partial charge in [0.1, 0.15) is 0 Å². The zero-order chi connectivity index (χ0) is 14.1. The van der Waals surface area contributed by atoms with Crippen LogP contribution in [0.4, 0.5) is 5.95 Å². The lowest BCUT2D eigenvalue weighted by molar-refractivity contribution is 0.174. The zero-order valence-electron chi connectivity index (χ0n) is 11.4. The van der Waals surface area contributed by atoms with Crippen LogP contribution in [0, 0.1) is 0 Å². The molecule has 1 aliphatic rings. The normalized spacial score (nSPS) is 12.8. The number of aromatic amines is 1. The van der Waals surface area contributed by atoms with Crippen LogP contribution in [0.3, 0.4) is 0 Å². The molecule has 21 heavy (non-hydrogen) atoms. The molecule has 0 amide bonds. The molecule has 0 spiro atoms. The molecule has 2 heterocycles. The Balaban J connectivity index is 1.47. The van der Waals surface area contributed by atoms with Crippen molar-refractivity contribution in [2.45, 2.75) is 6.42 Å². The van der Waals surface area contributed by atoms with Gasteiger partial charge in [0.15, 0.2) is 11.5 Å². The van der Waals surface area contributed by atoms with Crippen LogP contribution in [0.5, 0.6) is 11.5 Å². The number of aromatic nitrogens is 2. The average Bonchev–Trinajstić information content (AvgIpc) is 3.11. The molecule has 0 bridgehead atoms. The number of anilines is 1. The Morgan fingerprint density at radius 3 is 2.76 bits per heavy atom. The maximum absolute atomic E-state index is 5.36. The second kappa shape index (κ2) is 5.01. The molecule has 0 radical (unpaired) electrons. The number of rotatable bonds is 4. The Hall–Kier alpha value is -2.69. The lowest BCUT2D eigenvalue weighted by Crippen LogP contribution is -2.05. The van der Waals surface area contributed by atoms with Crippen LogP contribution in [0.1, 0.15) is 5.56 Å². The largest absolute Gasteiger partial charge is 0.454 e. The van der Waals surface area contributed by atoms with Gasteiger partial charge in [-0.25, -0.2) is 4.98 Å². The molecule has 5 nitrogen and oxygen atoms in total. The quantitative estimate of drug-likeness (QED) is 0.772. The molecule has 0 aliphatic carbocycles. The van der Waals surface area contributed by atoms with Crippen molar-refractivity contribution < 1.29 is 9.47 Å². The van der Waals surface area contributed by atoms with Crippen molar-refractivity contribution >= 4 is 17.0 Å². The number of H-pyrrole nitrogens is 1. The summed E-state index contributed by atoms with van der Waals surface area (Å²) in [4.78, 5) is 7.77. The summed E-state index contributed by atoms with van der Waals surface area (Å²) in [5.74, 6) is 2.29. The highest BCUT2D eigenvalue weighted by Gasteiger charge is 2.16. The van der Waals surface area contributed by atoms with Gasteiger partial charge in [-0.3, -0.25) is 0 Å². The lowest BCUT2D eigenvalue weighted by atomic mass is 10.1. The summed E-state index contributed by atoms with van der Waals surface area (Å²) < 4.78 is 10.7. The number of ether oxygens (including phenoxy) is 2. The number of fused-ring (bicyclic) bond motifs is 2. The number of nitrogens with one attached hydrogen (secondary N) is 2. The highest BCUT2D eigenvalue weighted by molar-refractivity contribution is 5.81. The van der Waals surface area contributed by atoms with Crippen molar-refractivity contribution in [1.82, 2.24) is 9.97 Å². The molecule has 3 aromatic rings. The van der Waals surface area contributed by atoms with Gasteiger partial charge in [0, 0.05) is 18.7 Å². The molecule has 4 rings (SSSR count). The molecule has 0 fully saturated rings. The standard InChI is InChI=1S/C16H15N3O2/c1-2-4-11(5-3-1)6-7-17-16-18-12-8-14-15(21-10-20-14)9-13(12)19-16/h1-5,8-9H,6-7,10H2,(H2,17,18,19). The fraction of sp³-hybridized carbons (Fsp3) is 0.188. The molecule has 1 aromatic heterocycles. The Bertz CT molecular complexity index is 727. The summed E-state index contributed by atoms with van der Waals surface area (Å²) in [5, 5.41) is 3.31. The Morgan fingerprint density at radius 2 is 1.90 bits per heavy atom. The van der Waals surface area contributed by atoms with Crippen LogP contribution in [0.15, 0.2) is 42.5 Å². The third-order valence-electron chi connectivity index (χ3n) is 3.53. The maximum Gasteiger partial charge on any atom is 0.231 e. The van der Waals surface area contributed by atoms with Gasteiger partial charge in [0.25, 0.3) is 0 Å². The minimum Gasteiger partial charge on any atom is -0.454 e. The summed E-state index contributed by atoms with van der Waals surface area (Å²) in [6, 6.07) is 14.2. The topological polar surface area (TPSA) is 59.2 Å². The van der Waals surface area contributed by atoms with Crippen molar-refractivity contribution in [2.75, 3.05) is 18.7 Å². The predicted octanol–water partition coefficient (Wildman–Crippen LogP) is 2.95. The van der Waals surface area contributed by atoms with Crippen LogP contribution in [0.2, 0.25) is 0 Å². The van der Waals surface area contributed by atoms with Crippen molar-refractivity contribution in [2.24, 2.45) is 0 Å². The van der Waals surface area contributed by atoms with E-state index in [1.165, 1.54) is 5.56 Å². The average molecular weight is 281 g/mol. The van der Waals surface area contributed by atoms with Crippen LogP contribution in [-0.2, 0) is 6.42 Å². The summed E-state index contributed by atoms with van der Waals surface area (Å²) in [6.45, 7) is 1.11. The van der Waals surface area contributed by atoms with Crippen LogP contribution >= 0.6 is 0 Å². The molecule has 0 atom stereocenters. The zero-order valence-corrected chi connectivity index (χ0v) is 11.4. The van der Waals surface area contributed by atoms with Crippen LogP contribution in [-0.4, -0.2) is 23.3 Å². The predicted molar refractivity (Wildman–Crippen MR) is 80.9 cm³/mol.